The van der Waals surface area contributed by atoms with E-state index in [2.05, 4.69) is 16.8 Å². The molecule has 0 radical (unpaired) electrons. The van der Waals surface area contributed by atoms with Gasteiger partial charge >= 0.3 is 0 Å². The SMILES string of the molecule is COc1ccccc1C(=O)C[C@]1(O)C(=O)N(CN2CCN(C)CC2)c2ccccc21. The molecule has 0 aromatic heterocycles. The van der Waals surface area contributed by atoms with Crippen LogP contribution in [0.15, 0.2) is 48.5 Å². The third-order valence-corrected chi connectivity index (χ3v) is 6.00. The lowest BCUT2D eigenvalue weighted by atomic mass is 9.88. The van der Waals surface area contributed by atoms with Gasteiger partial charge in [-0.1, -0.05) is 30.3 Å². The number of para-hydroxylation sites is 2. The molecule has 30 heavy (non-hydrogen) atoms. The van der Waals surface area contributed by atoms with Crippen molar-refractivity contribution in [1.29, 1.82) is 0 Å². The van der Waals surface area contributed by atoms with Gasteiger partial charge in [0.05, 0.1) is 31.5 Å². The fourth-order valence-corrected chi connectivity index (χ4v) is 4.21. The molecule has 7 heteroatoms. The second kappa shape index (κ2) is 8.18. The number of ketones is 1. The van der Waals surface area contributed by atoms with Crippen molar-refractivity contribution in [2.24, 2.45) is 0 Å². The van der Waals surface area contributed by atoms with Crippen molar-refractivity contribution in [2.45, 2.75) is 12.0 Å². The first-order valence-corrected chi connectivity index (χ1v) is 10.1. The van der Waals surface area contributed by atoms with Crippen molar-refractivity contribution in [3.63, 3.8) is 0 Å². The highest BCUT2D eigenvalue weighted by atomic mass is 16.5. The van der Waals surface area contributed by atoms with Crippen LogP contribution in [-0.2, 0) is 10.4 Å². The Morgan fingerprint density at radius 3 is 2.47 bits per heavy atom. The minimum atomic E-state index is -1.89. The van der Waals surface area contributed by atoms with Crippen molar-refractivity contribution in [3.05, 3.63) is 59.7 Å². The monoisotopic (exact) mass is 409 g/mol. The first-order valence-electron chi connectivity index (χ1n) is 10.1. The van der Waals surface area contributed by atoms with Crippen LogP contribution in [0.4, 0.5) is 5.69 Å². The highest BCUT2D eigenvalue weighted by molar-refractivity contribution is 6.11. The number of amides is 1. The molecule has 0 spiro atoms. The van der Waals surface area contributed by atoms with Crippen molar-refractivity contribution in [2.75, 3.05) is 51.9 Å². The zero-order chi connectivity index (χ0) is 21.3. The molecule has 1 amide bonds. The first kappa shape index (κ1) is 20.5. The summed E-state index contributed by atoms with van der Waals surface area (Å²) in [5.74, 6) is -0.357. The van der Waals surface area contributed by atoms with E-state index in [1.165, 1.54) is 7.11 Å². The summed E-state index contributed by atoms with van der Waals surface area (Å²) in [5, 5.41) is 11.5. The molecule has 1 fully saturated rings. The molecule has 2 aromatic carbocycles. The Bertz CT molecular complexity index is 955. The number of benzene rings is 2. The highest BCUT2D eigenvalue weighted by Crippen LogP contribution is 2.43. The van der Waals surface area contributed by atoms with E-state index in [4.69, 9.17) is 4.74 Å². The average Bonchev–Trinajstić information content (AvgIpc) is 2.97. The van der Waals surface area contributed by atoms with Crippen LogP contribution in [0, 0.1) is 0 Å². The van der Waals surface area contributed by atoms with Crippen LogP contribution in [0.5, 0.6) is 5.75 Å². The predicted octanol–water partition coefficient (Wildman–Crippen LogP) is 1.71. The number of anilines is 1. The Balaban J connectivity index is 1.61. The minimum Gasteiger partial charge on any atom is -0.496 e. The number of fused-ring (bicyclic) bond motifs is 1. The molecule has 1 saturated heterocycles. The lowest BCUT2D eigenvalue weighted by Gasteiger charge is -2.35. The average molecular weight is 409 g/mol. The zero-order valence-corrected chi connectivity index (χ0v) is 17.4. The second-order valence-corrected chi connectivity index (χ2v) is 7.97. The van der Waals surface area contributed by atoms with Gasteiger partial charge in [0.1, 0.15) is 5.75 Å². The predicted molar refractivity (Wildman–Crippen MR) is 114 cm³/mol. The van der Waals surface area contributed by atoms with Gasteiger partial charge in [0.2, 0.25) is 0 Å². The number of ether oxygens (including phenoxy) is 1. The Labute approximate surface area is 176 Å². The van der Waals surface area contributed by atoms with Crippen molar-refractivity contribution in [3.8, 4) is 5.75 Å². The quantitative estimate of drug-likeness (QED) is 0.733. The summed E-state index contributed by atoms with van der Waals surface area (Å²) in [6, 6.07) is 14.0. The topological polar surface area (TPSA) is 73.3 Å². The van der Waals surface area contributed by atoms with E-state index in [-0.39, 0.29) is 12.2 Å². The van der Waals surface area contributed by atoms with Gasteiger partial charge in [0.25, 0.3) is 5.91 Å². The number of Topliss-reactive ketones (excluding diaryl/α,β-unsaturated/α-hetero) is 1. The molecule has 2 heterocycles. The standard InChI is InChI=1S/C23H27N3O4/c1-24-11-13-25(14-12-24)16-26-19-9-5-4-8-18(19)23(29,22(26)28)15-20(27)17-7-3-6-10-21(17)30-2/h3-10,29H,11-16H2,1-2H3/t23-/m1/s1. The Kier molecular flexibility index (Phi) is 5.60. The molecule has 1 N–H and O–H groups in total. The fourth-order valence-electron chi connectivity index (χ4n) is 4.21. The third kappa shape index (κ3) is 3.60. The van der Waals surface area contributed by atoms with E-state index >= 15 is 0 Å². The van der Waals surface area contributed by atoms with Crippen LogP contribution in [0.2, 0.25) is 0 Å². The molecule has 2 aromatic rings. The molecule has 7 nitrogen and oxygen atoms in total. The minimum absolute atomic E-state index is 0.331. The summed E-state index contributed by atoms with van der Waals surface area (Å²) < 4.78 is 5.28. The van der Waals surface area contributed by atoms with Gasteiger partial charge in [-0.25, -0.2) is 0 Å². The van der Waals surface area contributed by atoms with Gasteiger partial charge in [-0.05, 0) is 25.2 Å². The number of piperazine rings is 1. The van der Waals surface area contributed by atoms with Crippen LogP contribution in [0.25, 0.3) is 0 Å². The largest absolute Gasteiger partial charge is 0.496 e. The van der Waals surface area contributed by atoms with Crippen LogP contribution in [0.1, 0.15) is 22.3 Å². The summed E-state index contributed by atoms with van der Waals surface area (Å²) >= 11 is 0. The maximum atomic E-state index is 13.4. The second-order valence-electron chi connectivity index (χ2n) is 7.97. The van der Waals surface area contributed by atoms with Crippen LogP contribution in [0.3, 0.4) is 0 Å². The molecule has 2 aliphatic rings. The third-order valence-electron chi connectivity index (χ3n) is 6.00. The van der Waals surface area contributed by atoms with E-state index in [1.54, 1.807) is 41.3 Å². The van der Waals surface area contributed by atoms with E-state index in [9.17, 15) is 14.7 Å². The summed E-state index contributed by atoms with van der Waals surface area (Å²) in [6.45, 7) is 3.96. The Hall–Kier alpha value is -2.74. The van der Waals surface area contributed by atoms with Crippen molar-refractivity contribution in [1.82, 2.24) is 9.80 Å². The molecular weight excluding hydrogens is 382 g/mol. The molecule has 158 valence electrons. The summed E-state index contributed by atoms with van der Waals surface area (Å²) in [4.78, 5) is 32.5. The zero-order valence-electron chi connectivity index (χ0n) is 17.4. The molecule has 0 saturated carbocycles. The summed E-state index contributed by atoms with van der Waals surface area (Å²) in [6.07, 6.45) is -0.331. The summed E-state index contributed by atoms with van der Waals surface area (Å²) in [7, 11) is 3.57. The van der Waals surface area contributed by atoms with E-state index in [1.807, 2.05) is 12.1 Å². The first-order chi connectivity index (χ1) is 14.4. The van der Waals surface area contributed by atoms with E-state index in [0.29, 0.717) is 29.2 Å². The molecule has 4 rings (SSSR count). The number of rotatable bonds is 6. The van der Waals surface area contributed by atoms with Gasteiger partial charge in [-0.2, -0.15) is 0 Å². The van der Waals surface area contributed by atoms with Gasteiger partial charge in [0.15, 0.2) is 11.4 Å². The molecule has 2 aliphatic heterocycles. The number of carbonyl (C=O) groups is 2. The number of likely N-dealkylation sites (N-methyl/N-ethyl adjacent to an activating group) is 1. The molecule has 1 atom stereocenters. The number of carbonyl (C=O) groups excluding carboxylic acids is 2. The summed E-state index contributed by atoms with van der Waals surface area (Å²) in [5.41, 5.74) is -0.387. The number of hydrogen-bond donors (Lipinski definition) is 1. The number of methoxy groups -OCH3 is 1. The van der Waals surface area contributed by atoms with Crippen molar-refractivity contribution < 1.29 is 19.4 Å². The molecular formula is C23H27N3O4. The number of aliphatic hydroxyl groups is 1. The van der Waals surface area contributed by atoms with Gasteiger partial charge in [-0.15, -0.1) is 0 Å². The molecule has 0 unspecified atom stereocenters. The Morgan fingerprint density at radius 1 is 1.07 bits per heavy atom. The van der Waals surface area contributed by atoms with Crippen LogP contribution >= 0.6 is 0 Å². The maximum absolute atomic E-state index is 13.4. The number of hydrogen-bond acceptors (Lipinski definition) is 6. The van der Waals surface area contributed by atoms with Gasteiger partial charge in [0, 0.05) is 31.7 Å². The van der Waals surface area contributed by atoms with E-state index < -0.39 is 11.5 Å². The molecule has 0 aliphatic carbocycles. The maximum Gasteiger partial charge on any atom is 0.265 e. The van der Waals surface area contributed by atoms with Crippen molar-refractivity contribution >= 4 is 17.4 Å². The fraction of sp³-hybridized carbons (Fsp3) is 0.391. The Morgan fingerprint density at radius 2 is 1.73 bits per heavy atom. The van der Waals surface area contributed by atoms with E-state index in [0.717, 1.165) is 26.2 Å². The normalized spacial score (nSPS) is 22.2. The lowest BCUT2D eigenvalue weighted by molar-refractivity contribution is -0.136. The highest BCUT2D eigenvalue weighted by Gasteiger charge is 2.51. The van der Waals surface area contributed by atoms with Gasteiger partial charge < -0.3 is 14.7 Å². The molecule has 0 bridgehead atoms. The number of nitrogens with zero attached hydrogens (tertiary/aromatic N) is 3. The van der Waals surface area contributed by atoms with Gasteiger partial charge in [-0.3, -0.25) is 19.4 Å². The smallest absolute Gasteiger partial charge is 0.265 e. The lowest BCUT2D eigenvalue weighted by Crippen LogP contribution is -2.51. The van der Waals surface area contributed by atoms with Crippen LogP contribution in [-0.4, -0.2) is 73.6 Å². The van der Waals surface area contributed by atoms with Crippen LogP contribution < -0.4 is 9.64 Å².